The van der Waals surface area contributed by atoms with E-state index >= 15 is 0 Å². The molecule has 0 aromatic carbocycles. The van der Waals surface area contributed by atoms with Gasteiger partial charge in [-0.25, -0.2) is 4.79 Å². The van der Waals surface area contributed by atoms with Crippen LogP contribution in [0.3, 0.4) is 0 Å². The van der Waals surface area contributed by atoms with Crippen LogP contribution in [0.25, 0.3) is 0 Å². The normalized spacial score (nSPS) is 10.9. The minimum Gasteiger partial charge on any atom is -0.480 e. The molecule has 4 nitrogen and oxygen atoms in total. The topological polar surface area (TPSA) is 66.8 Å². The molecule has 0 heterocycles. The molecule has 0 saturated heterocycles. The van der Waals surface area contributed by atoms with Gasteiger partial charge in [0.1, 0.15) is 6.61 Å². The average molecular weight is 543 g/mol. The highest BCUT2D eigenvalue weighted by Gasteiger charge is 1.96. The van der Waals surface area contributed by atoms with Gasteiger partial charge in [-0.15, -0.1) is 0 Å². The van der Waals surface area contributed by atoms with Gasteiger partial charge in [0.2, 0.25) is 0 Å². The minimum absolute atomic E-state index is 0.778. The van der Waals surface area contributed by atoms with E-state index in [1.54, 1.807) is 0 Å². The van der Waals surface area contributed by atoms with Gasteiger partial charge in [-0.3, -0.25) is 0 Å². The van der Waals surface area contributed by atoms with Gasteiger partial charge in [-0.1, -0.05) is 181 Å². The lowest BCUT2D eigenvalue weighted by molar-refractivity contribution is -0.140. The predicted molar refractivity (Wildman–Crippen MR) is 166 cm³/mol. The van der Waals surface area contributed by atoms with Crippen LogP contribution in [0.5, 0.6) is 0 Å². The summed E-state index contributed by atoms with van der Waals surface area (Å²) in [6.07, 6.45) is 40.1. The van der Waals surface area contributed by atoms with Crippen molar-refractivity contribution in [2.75, 3.05) is 19.8 Å². The quantitative estimate of drug-likeness (QED) is 0.0855. The maximum Gasteiger partial charge on any atom is 0.329 e. The summed E-state index contributed by atoms with van der Waals surface area (Å²) in [6.45, 7) is 5.82. The zero-order valence-corrected chi connectivity index (χ0v) is 26.1. The highest BCUT2D eigenvalue weighted by molar-refractivity contribution is 5.67. The Morgan fingerprint density at radius 1 is 0.421 bits per heavy atom. The summed E-state index contributed by atoms with van der Waals surface area (Å²) >= 11 is 0. The van der Waals surface area contributed by atoms with Gasteiger partial charge in [0.15, 0.2) is 0 Å². The number of aliphatic hydroxyl groups is 1. The van der Waals surface area contributed by atoms with Gasteiger partial charge < -0.3 is 14.9 Å². The Labute approximate surface area is 239 Å². The van der Waals surface area contributed by atoms with Crippen LogP contribution in [-0.4, -0.2) is 36.0 Å². The fourth-order valence-corrected chi connectivity index (χ4v) is 4.90. The maximum absolute atomic E-state index is 9.12. The van der Waals surface area contributed by atoms with E-state index < -0.39 is 12.6 Å². The second kappa shape index (κ2) is 38.5. The van der Waals surface area contributed by atoms with Gasteiger partial charge in [0.25, 0.3) is 0 Å². The molecule has 0 aliphatic heterocycles. The fourth-order valence-electron chi connectivity index (χ4n) is 4.90. The first-order chi connectivity index (χ1) is 18.7. The van der Waals surface area contributed by atoms with Crippen molar-refractivity contribution >= 4 is 5.97 Å². The summed E-state index contributed by atoms with van der Waals surface area (Å²) in [5.74, 6) is -1.19. The molecular formula is C34H70O4. The molecular weight excluding hydrogens is 472 g/mol. The number of carboxylic acids is 1. The fraction of sp³-hybridized carbons (Fsp3) is 0.971. The van der Waals surface area contributed by atoms with Crippen LogP contribution in [0.15, 0.2) is 0 Å². The predicted octanol–water partition coefficient (Wildman–Crippen LogP) is 11.0. The Balaban J connectivity index is 0. The molecule has 0 rings (SSSR count). The van der Waals surface area contributed by atoms with Crippen molar-refractivity contribution in [3.05, 3.63) is 0 Å². The molecule has 0 aliphatic rings. The third kappa shape index (κ3) is 42.5. The SMILES string of the molecule is CCCCCCCCCCCCCCCCOCCCCCCCCCCCCCCCC.O=C(O)CO. The number of hydrogen-bond acceptors (Lipinski definition) is 3. The van der Waals surface area contributed by atoms with Crippen LogP contribution in [-0.2, 0) is 9.53 Å². The van der Waals surface area contributed by atoms with Gasteiger partial charge in [0.05, 0.1) is 0 Å². The number of rotatable bonds is 31. The number of aliphatic carboxylic acids is 1. The van der Waals surface area contributed by atoms with Crippen molar-refractivity contribution < 1.29 is 19.7 Å². The van der Waals surface area contributed by atoms with E-state index in [9.17, 15) is 0 Å². The monoisotopic (exact) mass is 543 g/mol. The Bertz CT molecular complexity index is 383. The molecule has 0 aliphatic carbocycles. The molecule has 0 bridgehead atoms. The summed E-state index contributed by atoms with van der Waals surface area (Å²) < 4.78 is 5.85. The molecule has 0 spiro atoms. The van der Waals surface area contributed by atoms with Crippen molar-refractivity contribution in [1.82, 2.24) is 0 Å². The third-order valence-corrected chi connectivity index (χ3v) is 7.42. The zero-order valence-electron chi connectivity index (χ0n) is 26.1. The Morgan fingerprint density at radius 3 is 0.789 bits per heavy atom. The van der Waals surface area contributed by atoms with Crippen molar-refractivity contribution in [3.8, 4) is 0 Å². The van der Waals surface area contributed by atoms with Crippen LogP contribution in [0.1, 0.15) is 194 Å². The standard InChI is InChI=1S/C32H66O.C2H4O3/c1-3-5-7-9-11-13-15-17-19-21-23-25-27-29-31-33-32-30-28-26-24-22-20-18-16-14-12-10-8-6-4-2;3-1-2(4)5/h3-32H2,1-2H3;3H,1H2,(H,4,5). The minimum atomic E-state index is -1.19. The Morgan fingerprint density at radius 2 is 0.605 bits per heavy atom. The number of ether oxygens (including phenoxy) is 1. The van der Waals surface area contributed by atoms with Crippen LogP contribution in [0.2, 0.25) is 0 Å². The summed E-state index contributed by atoms with van der Waals surface area (Å²) in [6, 6.07) is 0. The second-order valence-electron chi connectivity index (χ2n) is 11.4. The zero-order chi connectivity index (χ0) is 28.2. The van der Waals surface area contributed by atoms with Crippen LogP contribution < -0.4 is 0 Å². The molecule has 0 radical (unpaired) electrons. The van der Waals surface area contributed by atoms with Crippen molar-refractivity contribution in [3.63, 3.8) is 0 Å². The molecule has 0 amide bonds. The van der Waals surface area contributed by atoms with Crippen molar-refractivity contribution in [1.29, 1.82) is 0 Å². The van der Waals surface area contributed by atoms with E-state index in [4.69, 9.17) is 19.7 Å². The first-order valence-electron chi connectivity index (χ1n) is 17.1. The van der Waals surface area contributed by atoms with Gasteiger partial charge in [-0.05, 0) is 12.8 Å². The molecule has 38 heavy (non-hydrogen) atoms. The number of aliphatic hydroxyl groups excluding tert-OH is 1. The largest absolute Gasteiger partial charge is 0.480 e. The maximum atomic E-state index is 9.12. The summed E-state index contributed by atoms with van der Waals surface area (Å²) in [4.78, 5) is 9.12. The molecule has 0 aromatic heterocycles. The highest BCUT2D eigenvalue weighted by atomic mass is 16.5. The lowest BCUT2D eigenvalue weighted by Crippen LogP contribution is -1.98. The Hall–Kier alpha value is -0.610. The summed E-state index contributed by atoms with van der Waals surface area (Å²) in [5.41, 5.74) is 0. The number of unbranched alkanes of at least 4 members (excludes halogenated alkanes) is 26. The molecule has 230 valence electrons. The van der Waals surface area contributed by atoms with Crippen LogP contribution >= 0.6 is 0 Å². The van der Waals surface area contributed by atoms with Crippen molar-refractivity contribution in [2.45, 2.75) is 194 Å². The van der Waals surface area contributed by atoms with Crippen LogP contribution in [0, 0.1) is 0 Å². The van der Waals surface area contributed by atoms with Gasteiger partial charge in [-0.2, -0.15) is 0 Å². The number of carboxylic acid groups (broad SMARTS) is 1. The van der Waals surface area contributed by atoms with E-state index in [2.05, 4.69) is 13.8 Å². The summed E-state index contributed by atoms with van der Waals surface area (Å²) in [5, 5.41) is 15.0. The van der Waals surface area contributed by atoms with E-state index in [0.717, 1.165) is 13.2 Å². The summed E-state index contributed by atoms with van der Waals surface area (Å²) in [7, 11) is 0. The van der Waals surface area contributed by atoms with Gasteiger partial charge in [0, 0.05) is 13.2 Å². The van der Waals surface area contributed by atoms with E-state index in [1.165, 1.54) is 180 Å². The molecule has 0 aromatic rings. The second-order valence-corrected chi connectivity index (χ2v) is 11.4. The van der Waals surface area contributed by atoms with Crippen LogP contribution in [0.4, 0.5) is 0 Å². The van der Waals surface area contributed by atoms with E-state index in [1.807, 2.05) is 0 Å². The first kappa shape index (κ1) is 39.5. The molecule has 0 fully saturated rings. The molecule has 0 unspecified atom stereocenters. The average Bonchev–Trinajstić information content (AvgIpc) is 2.92. The van der Waals surface area contributed by atoms with E-state index in [-0.39, 0.29) is 0 Å². The lowest BCUT2D eigenvalue weighted by atomic mass is 10.0. The molecule has 4 heteroatoms. The molecule has 2 N–H and O–H groups in total. The van der Waals surface area contributed by atoms with Gasteiger partial charge >= 0.3 is 5.97 Å². The lowest BCUT2D eigenvalue weighted by Gasteiger charge is -2.05. The van der Waals surface area contributed by atoms with E-state index in [0.29, 0.717) is 0 Å². The smallest absolute Gasteiger partial charge is 0.329 e. The number of carbonyl (C=O) groups is 1. The third-order valence-electron chi connectivity index (χ3n) is 7.42. The molecule has 0 saturated carbocycles. The molecule has 0 atom stereocenters. The van der Waals surface area contributed by atoms with Crippen molar-refractivity contribution in [2.24, 2.45) is 0 Å². The number of hydrogen-bond donors (Lipinski definition) is 2. The first-order valence-corrected chi connectivity index (χ1v) is 17.1. The Kier molecular flexibility index (Phi) is 40.1. The highest BCUT2D eigenvalue weighted by Crippen LogP contribution is 2.14.